The highest BCUT2D eigenvalue weighted by molar-refractivity contribution is 5.78. The summed E-state index contributed by atoms with van der Waals surface area (Å²) in [6.45, 7) is 3.74. The molecule has 0 saturated carbocycles. The first kappa shape index (κ1) is 14.9. The number of nitrogens with zero attached hydrogens (tertiary/aromatic N) is 4. The van der Waals surface area contributed by atoms with E-state index in [1.54, 1.807) is 4.90 Å². The second kappa shape index (κ2) is 5.51. The smallest absolute Gasteiger partial charge is 0.332 e. The summed E-state index contributed by atoms with van der Waals surface area (Å²) >= 11 is 0. The Balaban J connectivity index is 2.48. The molecule has 9 nitrogen and oxygen atoms in total. The molecular formula is C12H18N6O3. The molecule has 0 bridgehead atoms. The summed E-state index contributed by atoms with van der Waals surface area (Å²) in [5.41, 5.74) is 11.0. The fourth-order valence-corrected chi connectivity index (χ4v) is 2.62. The lowest BCUT2D eigenvalue weighted by Gasteiger charge is -2.37. The first-order chi connectivity index (χ1) is 9.81. The van der Waals surface area contributed by atoms with E-state index in [0.29, 0.717) is 19.4 Å². The van der Waals surface area contributed by atoms with Crippen LogP contribution in [-0.2, 0) is 4.79 Å². The molecule has 1 aliphatic heterocycles. The molecule has 1 saturated heterocycles. The first-order valence-electron chi connectivity index (χ1n) is 6.65. The lowest BCUT2D eigenvalue weighted by atomic mass is 9.93. The number of nitrogens with two attached hydrogens (primary N) is 2. The zero-order valence-corrected chi connectivity index (χ0v) is 11.9. The van der Waals surface area contributed by atoms with Gasteiger partial charge in [0, 0.05) is 12.6 Å². The van der Waals surface area contributed by atoms with Crippen molar-refractivity contribution in [3.63, 3.8) is 0 Å². The Labute approximate surface area is 121 Å². The molecular weight excluding hydrogens is 276 g/mol. The number of nitrogen functional groups attached to an aromatic ring is 1. The molecule has 21 heavy (non-hydrogen) atoms. The Morgan fingerprint density at radius 1 is 1.43 bits per heavy atom. The summed E-state index contributed by atoms with van der Waals surface area (Å²) < 4.78 is 0. The lowest BCUT2D eigenvalue weighted by molar-refractivity contribution is -0.385. The molecule has 1 aromatic rings. The van der Waals surface area contributed by atoms with Crippen molar-refractivity contribution in [2.45, 2.75) is 32.7 Å². The van der Waals surface area contributed by atoms with Gasteiger partial charge in [-0.3, -0.25) is 14.9 Å². The van der Waals surface area contributed by atoms with Crippen molar-refractivity contribution in [2.24, 2.45) is 11.7 Å². The minimum Gasteiger partial charge on any atom is -0.369 e. The van der Waals surface area contributed by atoms with Gasteiger partial charge in [-0.2, -0.15) is 4.98 Å². The van der Waals surface area contributed by atoms with Gasteiger partial charge in [0.15, 0.2) is 0 Å². The largest absolute Gasteiger partial charge is 0.369 e. The van der Waals surface area contributed by atoms with E-state index in [1.165, 1.54) is 6.92 Å². The van der Waals surface area contributed by atoms with Crippen molar-refractivity contribution in [1.82, 2.24) is 9.97 Å². The van der Waals surface area contributed by atoms with Gasteiger partial charge in [0.05, 0.1) is 10.8 Å². The van der Waals surface area contributed by atoms with Gasteiger partial charge in [0.2, 0.25) is 17.7 Å². The van der Waals surface area contributed by atoms with Crippen LogP contribution in [0.1, 0.15) is 25.5 Å². The highest BCUT2D eigenvalue weighted by atomic mass is 16.6. The van der Waals surface area contributed by atoms with Crippen LogP contribution in [0.2, 0.25) is 0 Å². The van der Waals surface area contributed by atoms with Crippen molar-refractivity contribution in [3.05, 3.63) is 15.8 Å². The molecule has 1 amide bonds. The van der Waals surface area contributed by atoms with Crippen molar-refractivity contribution < 1.29 is 9.72 Å². The Morgan fingerprint density at radius 3 is 2.67 bits per heavy atom. The van der Waals surface area contributed by atoms with Crippen LogP contribution in [0.4, 0.5) is 17.5 Å². The Hall–Kier alpha value is -2.45. The minimum atomic E-state index is -0.523. The van der Waals surface area contributed by atoms with E-state index < -0.39 is 10.8 Å². The van der Waals surface area contributed by atoms with E-state index in [1.807, 2.05) is 6.92 Å². The van der Waals surface area contributed by atoms with Gasteiger partial charge in [0.25, 0.3) is 0 Å². The predicted molar refractivity (Wildman–Crippen MR) is 76.6 cm³/mol. The monoisotopic (exact) mass is 294 g/mol. The molecule has 2 atom stereocenters. The second-order valence-corrected chi connectivity index (χ2v) is 5.27. The molecule has 2 rings (SSSR count). The fraction of sp³-hybridized carbons (Fsp3) is 0.583. The van der Waals surface area contributed by atoms with Crippen LogP contribution in [0, 0.1) is 23.0 Å². The van der Waals surface area contributed by atoms with E-state index in [2.05, 4.69) is 9.97 Å². The lowest BCUT2D eigenvalue weighted by Crippen LogP contribution is -2.46. The normalized spacial score (nSPS) is 22.1. The summed E-state index contributed by atoms with van der Waals surface area (Å²) in [7, 11) is 0. The van der Waals surface area contributed by atoms with Crippen LogP contribution in [0.15, 0.2) is 0 Å². The van der Waals surface area contributed by atoms with E-state index in [-0.39, 0.29) is 35.1 Å². The SMILES string of the molecule is Cc1nc(N)nc(N2CC(C(N)=O)CCC2C)c1[N+](=O)[O-]. The standard InChI is InChI=1S/C12H18N6O3/c1-6-3-4-8(10(13)19)5-17(6)11-9(18(20)21)7(2)15-12(14)16-11/h6,8H,3-5H2,1-2H3,(H2,13,19)(H2,14,15,16). The third-order valence-electron chi connectivity index (χ3n) is 3.80. The highest BCUT2D eigenvalue weighted by Gasteiger charge is 2.34. The molecule has 114 valence electrons. The van der Waals surface area contributed by atoms with Gasteiger partial charge in [-0.15, -0.1) is 0 Å². The van der Waals surface area contributed by atoms with Gasteiger partial charge >= 0.3 is 5.69 Å². The van der Waals surface area contributed by atoms with Gasteiger partial charge in [-0.25, -0.2) is 4.98 Å². The molecule has 0 spiro atoms. The third kappa shape index (κ3) is 2.86. The van der Waals surface area contributed by atoms with E-state index in [0.717, 1.165) is 0 Å². The average Bonchev–Trinajstić information content (AvgIpc) is 2.37. The van der Waals surface area contributed by atoms with Crippen LogP contribution < -0.4 is 16.4 Å². The number of aryl methyl sites for hydroxylation is 1. The quantitative estimate of drug-likeness (QED) is 0.605. The summed E-state index contributed by atoms with van der Waals surface area (Å²) in [5.74, 6) is -0.629. The topological polar surface area (TPSA) is 141 Å². The number of hydrogen-bond donors (Lipinski definition) is 2. The molecule has 1 fully saturated rings. The third-order valence-corrected chi connectivity index (χ3v) is 3.80. The van der Waals surface area contributed by atoms with Crippen LogP contribution in [0.25, 0.3) is 0 Å². The zero-order valence-electron chi connectivity index (χ0n) is 11.9. The number of aromatic nitrogens is 2. The van der Waals surface area contributed by atoms with Crippen molar-refractivity contribution in [2.75, 3.05) is 17.2 Å². The maximum atomic E-state index is 11.4. The number of nitro groups is 1. The summed E-state index contributed by atoms with van der Waals surface area (Å²) in [4.78, 5) is 31.7. The maximum Gasteiger partial charge on any atom is 0.332 e. The van der Waals surface area contributed by atoms with Crippen molar-refractivity contribution in [3.8, 4) is 0 Å². The molecule has 2 heterocycles. The average molecular weight is 294 g/mol. The number of primary amides is 1. The van der Waals surface area contributed by atoms with Gasteiger partial charge < -0.3 is 16.4 Å². The predicted octanol–water partition coefficient (Wildman–Crippen LogP) is 0.366. The number of rotatable bonds is 3. The molecule has 0 aromatic carbocycles. The van der Waals surface area contributed by atoms with Crippen molar-refractivity contribution >= 4 is 23.4 Å². The molecule has 2 unspecified atom stereocenters. The molecule has 9 heteroatoms. The van der Waals surface area contributed by atoms with E-state index >= 15 is 0 Å². The molecule has 0 radical (unpaired) electrons. The Bertz CT molecular complexity index is 591. The van der Waals surface area contributed by atoms with E-state index in [4.69, 9.17) is 11.5 Å². The Morgan fingerprint density at radius 2 is 2.10 bits per heavy atom. The van der Waals surface area contributed by atoms with Gasteiger partial charge in [-0.05, 0) is 26.7 Å². The number of carbonyl (C=O) groups is 1. The Kier molecular flexibility index (Phi) is 3.92. The van der Waals surface area contributed by atoms with Crippen LogP contribution >= 0.6 is 0 Å². The number of piperidine rings is 1. The number of carbonyl (C=O) groups excluding carboxylic acids is 1. The maximum absolute atomic E-state index is 11.4. The minimum absolute atomic E-state index is 0.00741. The molecule has 4 N–H and O–H groups in total. The molecule has 1 aliphatic rings. The van der Waals surface area contributed by atoms with E-state index in [9.17, 15) is 14.9 Å². The van der Waals surface area contributed by atoms with Crippen molar-refractivity contribution in [1.29, 1.82) is 0 Å². The highest BCUT2D eigenvalue weighted by Crippen LogP contribution is 2.34. The molecule has 0 aliphatic carbocycles. The number of hydrogen-bond acceptors (Lipinski definition) is 7. The van der Waals surface area contributed by atoms with Gasteiger partial charge in [0.1, 0.15) is 5.69 Å². The number of amides is 1. The molecule has 1 aromatic heterocycles. The van der Waals surface area contributed by atoms with Crippen LogP contribution in [0.3, 0.4) is 0 Å². The van der Waals surface area contributed by atoms with Crippen LogP contribution in [0.5, 0.6) is 0 Å². The summed E-state index contributed by atoms with van der Waals surface area (Å²) in [6.07, 6.45) is 1.37. The zero-order chi connectivity index (χ0) is 15.7. The summed E-state index contributed by atoms with van der Waals surface area (Å²) in [5, 5.41) is 11.3. The summed E-state index contributed by atoms with van der Waals surface area (Å²) in [6, 6.07) is 0.00741. The number of anilines is 2. The first-order valence-corrected chi connectivity index (χ1v) is 6.65. The van der Waals surface area contributed by atoms with Gasteiger partial charge in [-0.1, -0.05) is 0 Å². The second-order valence-electron chi connectivity index (χ2n) is 5.27. The van der Waals surface area contributed by atoms with Crippen LogP contribution in [-0.4, -0.2) is 33.4 Å². The fourth-order valence-electron chi connectivity index (χ4n) is 2.62.